The van der Waals surface area contributed by atoms with E-state index in [0.29, 0.717) is 12.5 Å². The Bertz CT molecular complexity index is 415. The van der Waals surface area contributed by atoms with Crippen molar-refractivity contribution in [1.29, 1.82) is 0 Å². The molecular weight excluding hydrogens is 262 g/mol. The summed E-state index contributed by atoms with van der Waals surface area (Å²) in [5.41, 5.74) is 0.976. The van der Waals surface area contributed by atoms with Gasteiger partial charge in [0, 0.05) is 25.6 Å². The van der Waals surface area contributed by atoms with Crippen LogP contribution in [0.15, 0.2) is 6.07 Å². The maximum Gasteiger partial charge on any atom is 0.134 e. The zero-order chi connectivity index (χ0) is 15.2. The minimum atomic E-state index is 0.509. The van der Waals surface area contributed by atoms with E-state index in [4.69, 9.17) is 14.7 Å². The lowest BCUT2D eigenvalue weighted by atomic mass is 9.76. The molecule has 1 aromatic rings. The monoisotopic (exact) mass is 291 g/mol. The summed E-state index contributed by atoms with van der Waals surface area (Å²) in [6, 6.07) is 2.00. The number of ether oxygens (including phenoxy) is 1. The molecule has 0 atom stereocenters. The van der Waals surface area contributed by atoms with Crippen LogP contribution in [0.1, 0.15) is 63.9 Å². The molecule has 1 saturated carbocycles. The highest BCUT2D eigenvalue weighted by atomic mass is 16.5. The molecule has 21 heavy (non-hydrogen) atoms. The Kier molecular flexibility index (Phi) is 5.97. The third-order valence-corrected chi connectivity index (χ3v) is 4.53. The number of hydrogen-bond acceptors (Lipinski definition) is 4. The maximum atomic E-state index is 5.23. The second kappa shape index (κ2) is 7.74. The molecule has 0 bridgehead atoms. The number of hydrogen-bond donors (Lipinski definition) is 1. The van der Waals surface area contributed by atoms with E-state index in [1.807, 2.05) is 6.07 Å². The molecule has 2 rings (SSSR count). The van der Waals surface area contributed by atoms with Crippen LogP contribution in [0.3, 0.4) is 0 Å². The van der Waals surface area contributed by atoms with E-state index in [2.05, 4.69) is 26.1 Å². The van der Waals surface area contributed by atoms with Crippen molar-refractivity contribution in [3.63, 3.8) is 0 Å². The molecule has 1 heterocycles. The topological polar surface area (TPSA) is 47.0 Å². The molecule has 1 aliphatic rings. The lowest BCUT2D eigenvalue weighted by Gasteiger charge is -2.30. The van der Waals surface area contributed by atoms with Gasteiger partial charge < -0.3 is 10.1 Å². The molecule has 1 aliphatic carbocycles. The van der Waals surface area contributed by atoms with Crippen molar-refractivity contribution in [2.24, 2.45) is 11.8 Å². The number of methoxy groups -OCH3 is 1. The number of nitrogens with one attached hydrogen (secondary N) is 1. The molecule has 0 unspecified atom stereocenters. The van der Waals surface area contributed by atoms with Gasteiger partial charge in [-0.3, -0.25) is 0 Å². The number of anilines is 1. The Labute approximate surface area is 128 Å². The van der Waals surface area contributed by atoms with E-state index in [0.717, 1.165) is 35.7 Å². The van der Waals surface area contributed by atoms with Gasteiger partial charge in [-0.25, -0.2) is 9.97 Å². The van der Waals surface area contributed by atoms with E-state index in [1.165, 1.54) is 25.7 Å². The van der Waals surface area contributed by atoms with E-state index >= 15 is 0 Å². The molecule has 1 fully saturated rings. The highest BCUT2D eigenvalue weighted by Gasteiger charge is 2.26. The molecule has 4 heteroatoms. The minimum absolute atomic E-state index is 0.509. The van der Waals surface area contributed by atoms with Crippen LogP contribution in [0.4, 0.5) is 5.82 Å². The van der Waals surface area contributed by atoms with Gasteiger partial charge in [-0.1, -0.05) is 13.8 Å². The first kappa shape index (κ1) is 16.2. The molecule has 1 N–H and O–H groups in total. The van der Waals surface area contributed by atoms with E-state index in [9.17, 15) is 0 Å². The van der Waals surface area contributed by atoms with Gasteiger partial charge in [0.2, 0.25) is 0 Å². The van der Waals surface area contributed by atoms with E-state index in [1.54, 1.807) is 7.11 Å². The molecule has 1 aromatic heterocycles. The molecule has 118 valence electrons. The quantitative estimate of drug-likeness (QED) is 0.861. The molecule has 0 aromatic carbocycles. The van der Waals surface area contributed by atoms with Crippen LogP contribution in [0.25, 0.3) is 0 Å². The number of nitrogens with zero attached hydrogens (tertiary/aromatic N) is 2. The summed E-state index contributed by atoms with van der Waals surface area (Å²) in [6.45, 7) is 8.19. The zero-order valence-corrected chi connectivity index (χ0v) is 13.9. The first-order valence-electron chi connectivity index (χ1n) is 8.24. The highest BCUT2D eigenvalue weighted by molar-refractivity contribution is 5.36. The summed E-state index contributed by atoms with van der Waals surface area (Å²) in [5, 5.41) is 3.31. The first-order chi connectivity index (χ1) is 10.1. The summed E-state index contributed by atoms with van der Waals surface area (Å²) in [5.74, 6) is 4.11. The Hall–Kier alpha value is -1.16. The predicted molar refractivity (Wildman–Crippen MR) is 86.4 cm³/mol. The molecule has 0 radical (unpaired) electrons. The van der Waals surface area contributed by atoms with Crippen molar-refractivity contribution in [3.05, 3.63) is 17.6 Å². The largest absolute Gasteiger partial charge is 0.378 e. The van der Waals surface area contributed by atoms with Gasteiger partial charge in [0.1, 0.15) is 11.6 Å². The summed E-state index contributed by atoms with van der Waals surface area (Å²) in [6.07, 6.45) is 5.03. The normalized spacial score (nSPS) is 22.5. The second-order valence-electron chi connectivity index (χ2n) is 6.42. The standard InChI is InChI=1S/C17H29N3O/c1-5-18-16-10-15(11-21-4)19-17(20-16)14-8-6-13(7-9-14)12(2)3/h10,12-14H,5-9,11H2,1-4H3,(H,18,19,20). The molecule has 0 saturated heterocycles. The fourth-order valence-corrected chi connectivity index (χ4v) is 3.24. The predicted octanol–water partition coefficient (Wildman–Crippen LogP) is 3.98. The van der Waals surface area contributed by atoms with Crippen molar-refractivity contribution in [2.75, 3.05) is 19.0 Å². The van der Waals surface area contributed by atoms with Gasteiger partial charge in [-0.05, 0) is 44.4 Å². The summed E-state index contributed by atoms with van der Waals surface area (Å²) >= 11 is 0. The van der Waals surface area contributed by atoms with Crippen LogP contribution in [-0.4, -0.2) is 23.6 Å². The number of aromatic nitrogens is 2. The Morgan fingerprint density at radius 2 is 1.95 bits per heavy atom. The van der Waals surface area contributed by atoms with E-state index < -0.39 is 0 Å². The SMILES string of the molecule is CCNc1cc(COC)nc(C2CCC(C(C)C)CC2)n1. The van der Waals surface area contributed by atoms with Crippen LogP contribution in [0.5, 0.6) is 0 Å². The lowest BCUT2D eigenvalue weighted by Crippen LogP contribution is -2.19. The molecule has 0 spiro atoms. The fourth-order valence-electron chi connectivity index (χ4n) is 3.24. The van der Waals surface area contributed by atoms with Crippen LogP contribution in [0, 0.1) is 11.8 Å². The van der Waals surface area contributed by atoms with Crippen molar-refractivity contribution in [2.45, 2.75) is 59.0 Å². The molecule has 0 aliphatic heterocycles. The second-order valence-corrected chi connectivity index (χ2v) is 6.42. The highest BCUT2D eigenvalue weighted by Crippen LogP contribution is 2.37. The van der Waals surface area contributed by atoms with Crippen LogP contribution >= 0.6 is 0 Å². The Morgan fingerprint density at radius 1 is 1.24 bits per heavy atom. The van der Waals surface area contributed by atoms with Gasteiger partial charge in [0.25, 0.3) is 0 Å². The summed E-state index contributed by atoms with van der Waals surface area (Å²) in [7, 11) is 1.71. The number of rotatable bonds is 6. The maximum absolute atomic E-state index is 5.23. The van der Waals surface area contributed by atoms with Gasteiger partial charge in [0.15, 0.2) is 0 Å². The van der Waals surface area contributed by atoms with Gasteiger partial charge in [0.05, 0.1) is 12.3 Å². The van der Waals surface area contributed by atoms with Crippen molar-refractivity contribution in [3.8, 4) is 0 Å². The lowest BCUT2D eigenvalue weighted by molar-refractivity contribution is 0.180. The first-order valence-corrected chi connectivity index (χ1v) is 8.24. The van der Waals surface area contributed by atoms with E-state index in [-0.39, 0.29) is 0 Å². The summed E-state index contributed by atoms with van der Waals surface area (Å²) < 4.78 is 5.23. The average Bonchev–Trinajstić information content (AvgIpc) is 2.48. The Balaban J connectivity index is 2.11. The van der Waals surface area contributed by atoms with Crippen LogP contribution in [0.2, 0.25) is 0 Å². The van der Waals surface area contributed by atoms with Gasteiger partial charge in [-0.2, -0.15) is 0 Å². The van der Waals surface area contributed by atoms with Gasteiger partial charge in [-0.15, -0.1) is 0 Å². The Morgan fingerprint density at radius 3 is 2.52 bits per heavy atom. The third-order valence-electron chi connectivity index (χ3n) is 4.53. The average molecular weight is 291 g/mol. The molecule has 0 amide bonds. The van der Waals surface area contributed by atoms with Crippen molar-refractivity contribution in [1.82, 2.24) is 9.97 Å². The van der Waals surface area contributed by atoms with Crippen LogP contribution in [-0.2, 0) is 11.3 Å². The van der Waals surface area contributed by atoms with Crippen LogP contribution < -0.4 is 5.32 Å². The van der Waals surface area contributed by atoms with Crippen molar-refractivity contribution < 1.29 is 4.74 Å². The third kappa shape index (κ3) is 4.40. The van der Waals surface area contributed by atoms with Gasteiger partial charge >= 0.3 is 0 Å². The zero-order valence-electron chi connectivity index (χ0n) is 13.9. The molecule has 4 nitrogen and oxygen atoms in total. The van der Waals surface area contributed by atoms with Crippen molar-refractivity contribution >= 4 is 5.82 Å². The smallest absolute Gasteiger partial charge is 0.134 e. The fraction of sp³-hybridized carbons (Fsp3) is 0.765. The minimum Gasteiger partial charge on any atom is -0.378 e. The molecular formula is C17H29N3O. The summed E-state index contributed by atoms with van der Waals surface area (Å²) in [4.78, 5) is 9.44.